The van der Waals surface area contributed by atoms with Crippen molar-refractivity contribution in [2.45, 2.75) is 19.8 Å². The monoisotopic (exact) mass is 384 g/mol. The molecule has 1 saturated carbocycles. The second-order valence-corrected chi connectivity index (χ2v) is 7.49. The van der Waals surface area contributed by atoms with Crippen molar-refractivity contribution < 1.29 is 19.3 Å². The van der Waals surface area contributed by atoms with E-state index in [9.17, 15) is 24.5 Å². The smallest absolute Gasteiger partial charge is 0.320 e. The van der Waals surface area contributed by atoms with E-state index < -0.39 is 11.0 Å². The first-order valence-corrected chi connectivity index (χ1v) is 9.20. The number of fused-ring (bicyclic) bond motifs is 1. The number of nitro groups is 1. The second kappa shape index (κ2) is 6.74. The van der Waals surface area contributed by atoms with Gasteiger partial charge in [-0.1, -0.05) is 12.2 Å². The number of nitro benzene ring substituents is 1. The number of likely N-dealkylation sites (tertiary alicyclic amines) is 1. The van der Waals surface area contributed by atoms with Gasteiger partial charge in [-0.2, -0.15) is 0 Å². The highest BCUT2D eigenvalue weighted by Crippen LogP contribution is 2.49. The van der Waals surface area contributed by atoms with E-state index in [1.54, 1.807) is 6.92 Å². The van der Waals surface area contributed by atoms with Crippen LogP contribution < -0.4 is 10.6 Å². The first-order chi connectivity index (χ1) is 13.4. The number of carbonyl (C=O) groups is 3. The van der Waals surface area contributed by atoms with Crippen LogP contribution >= 0.6 is 0 Å². The molecular formula is C19H20N4O5. The van der Waals surface area contributed by atoms with Gasteiger partial charge in [-0.15, -0.1) is 0 Å². The SMILES string of the molecule is Cc1cc([N+](=O)[O-])ccc1NC(=O)NCN1C(=O)[C@@H]2[C@H](C1=O)[C@H]1C=C[C@H]2CC1. The van der Waals surface area contributed by atoms with E-state index in [4.69, 9.17) is 0 Å². The average Bonchev–Trinajstić information content (AvgIpc) is 2.95. The highest BCUT2D eigenvalue weighted by molar-refractivity contribution is 6.06. The Labute approximate surface area is 160 Å². The normalized spacial score (nSPS) is 27.7. The summed E-state index contributed by atoms with van der Waals surface area (Å²) in [6, 6.07) is 3.51. The van der Waals surface area contributed by atoms with Crippen molar-refractivity contribution in [2.24, 2.45) is 23.7 Å². The lowest BCUT2D eigenvalue weighted by Gasteiger charge is -2.38. The van der Waals surface area contributed by atoms with E-state index in [1.165, 1.54) is 18.2 Å². The highest BCUT2D eigenvalue weighted by Gasteiger charge is 2.56. The Morgan fingerprint density at radius 2 is 1.79 bits per heavy atom. The zero-order valence-corrected chi connectivity index (χ0v) is 15.3. The summed E-state index contributed by atoms with van der Waals surface area (Å²) in [5.74, 6) is -0.848. The molecule has 9 nitrogen and oxygen atoms in total. The Bertz CT molecular complexity index is 880. The summed E-state index contributed by atoms with van der Waals surface area (Å²) < 4.78 is 0. The molecule has 1 heterocycles. The molecule has 1 aromatic carbocycles. The Morgan fingerprint density at radius 3 is 2.29 bits per heavy atom. The zero-order valence-electron chi connectivity index (χ0n) is 15.3. The number of carbonyl (C=O) groups excluding carboxylic acids is 3. The number of hydrogen-bond acceptors (Lipinski definition) is 5. The lowest BCUT2D eigenvalue weighted by molar-refractivity contribution is -0.384. The van der Waals surface area contributed by atoms with E-state index in [-0.39, 0.29) is 47.8 Å². The molecule has 146 valence electrons. The lowest BCUT2D eigenvalue weighted by atomic mass is 9.63. The maximum Gasteiger partial charge on any atom is 0.320 e. The molecule has 28 heavy (non-hydrogen) atoms. The molecule has 2 bridgehead atoms. The van der Waals surface area contributed by atoms with Gasteiger partial charge in [-0.3, -0.25) is 24.6 Å². The standard InChI is InChI=1S/C19H20N4O5/c1-10-8-13(23(27)28)6-7-14(10)21-19(26)20-9-22-17(24)15-11-2-3-12(5-4-11)16(15)18(22)25/h2-3,6-8,11-12,15-16H,4-5,9H2,1H3,(H2,20,21,26)/t11-,12-,15-,16+/m0/s1. The van der Waals surface area contributed by atoms with E-state index in [2.05, 4.69) is 10.6 Å². The van der Waals surface area contributed by atoms with E-state index >= 15 is 0 Å². The van der Waals surface area contributed by atoms with Gasteiger partial charge >= 0.3 is 6.03 Å². The summed E-state index contributed by atoms with van der Waals surface area (Å²) >= 11 is 0. The van der Waals surface area contributed by atoms with E-state index in [1.807, 2.05) is 12.2 Å². The minimum atomic E-state index is -0.589. The third kappa shape index (κ3) is 2.92. The van der Waals surface area contributed by atoms with Gasteiger partial charge in [-0.25, -0.2) is 4.79 Å². The quantitative estimate of drug-likeness (QED) is 0.357. The number of allylic oxidation sites excluding steroid dienone is 2. The maximum atomic E-state index is 12.7. The van der Waals surface area contributed by atoms with Crippen molar-refractivity contribution in [3.05, 3.63) is 46.0 Å². The number of nitrogens with zero attached hydrogens (tertiary/aromatic N) is 2. The molecule has 4 amide bonds. The molecule has 5 rings (SSSR count). The van der Waals surface area contributed by atoms with Crippen molar-refractivity contribution in [2.75, 3.05) is 12.0 Å². The van der Waals surface area contributed by atoms with Crippen molar-refractivity contribution in [1.29, 1.82) is 0 Å². The van der Waals surface area contributed by atoms with Gasteiger partial charge in [-0.05, 0) is 43.2 Å². The van der Waals surface area contributed by atoms with Gasteiger partial charge in [0.2, 0.25) is 11.8 Å². The van der Waals surface area contributed by atoms with Gasteiger partial charge < -0.3 is 10.6 Å². The second-order valence-electron chi connectivity index (χ2n) is 7.49. The van der Waals surface area contributed by atoms with Gasteiger partial charge in [0.25, 0.3) is 5.69 Å². The first kappa shape index (κ1) is 18.1. The van der Waals surface area contributed by atoms with Crippen LogP contribution in [0.5, 0.6) is 0 Å². The van der Waals surface area contributed by atoms with Gasteiger partial charge in [0, 0.05) is 17.8 Å². The van der Waals surface area contributed by atoms with Crippen LogP contribution in [0, 0.1) is 40.7 Å². The summed E-state index contributed by atoms with van der Waals surface area (Å²) in [6.45, 7) is 1.45. The fourth-order valence-corrected chi connectivity index (χ4v) is 4.51. The van der Waals surface area contributed by atoms with Gasteiger partial charge in [0.1, 0.15) is 6.67 Å². The summed E-state index contributed by atoms with van der Waals surface area (Å²) in [7, 11) is 0. The molecule has 0 radical (unpaired) electrons. The first-order valence-electron chi connectivity index (χ1n) is 9.20. The number of aryl methyl sites for hydroxylation is 1. The van der Waals surface area contributed by atoms with Crippen molar-refractivity contribution >= 4 is 29.2 Å². The minimum absolute atomic E-state index is 0.0671. The fourth-order valence-electron chi connectivity index (χ4n) is 4.51. The van der Waals surface area contributed by atoms with Crippen LogP contribution in [0.2, 0.25) is 0 Å². The molecule has 4 atom stereocenters. The number of benzene rings is 1. The van der Waals surface area contributed by atoms with Crippen LogP contribution in [0.25, 0.3) is 0 Å². The number of hydrogen-bond donors (Lipinski definition) is 2. The molecule has 0 unspecified atom stereocenters. The zero-order chi connectivity index (χ0) is 20.0. The summed E-state index contributed by atoms with van der Waals surface area (Å²) in [5.41, 5.74) is 0.881. The number of anilines is 1. The topological polar surface area (TPSA) is 122 Å². The Hall–Kier alpha value is -3.23. The molecule has 1 saturated heterocycles. The van der Waals surface area contributed by atoms with Gasteiger partial charge in [0.15, 0.2) is 0 Å². The molecule has 2 N–H and O–H groups in total. The molecule has 1 aliphatic heterocycles. The predicted molar refractivity (Wildman–Crippen MR) is 99.0 cm³/mol. The Balaban J connectivity index is 1.38. The number of urea groups is 1. The van der Waals surface area contributed by atoms with Crippen LogP contribution in [0.4, 0.5) is 16.2 Å². The lowest BCUT2D eigenvalue weighted by Crippen LogP contribution is -2.43. The molecule has 9 heteroatoms. The van der Waals surface area contributed by atoms with E-state index in [0.717, 1.165) is 17.7 Å². The molecule has 0 aromatic heterocycles. The third-order valence-corrected chi connectivity index (χ3v) is 5.92. The van der Waals surface area contributed by atoms with Crippen LogP contribution in [-0.2, 0) is 9.59 Å². The summed E-state index contributed by atoms with van der Waals surface area (Å²) in [6.07, 6.45) is 5.92. The van der Waals surface area contributed by atoms with Crippen LogP contribution in [0.15, 0.2) is 30.4 Å². The van der Waals surface area contributed by atoms with Crippen molar-refractivity contribution in [1.82, 2.24) is 10.2 Å². The average molecular weight is 384 g/mol. The van der Waals surface area contributed by atoms with Gasteiger partial charge in [0.05, 0.1) is 16.8 Å². The number of rotatable bonds is 4. The molecular weight excluding hydrogens is 364 g/mol. The molecule has 2 fully saturated rings. The summed E-state index contributed by atoms with van der Waals surface area (Å²) in [5, 5.41) is 15.9. The summed E-state index contributed by atoms with van der Waals surface area (Å²) in [4.78, 5) is 49.0. The molecule has 1 aromatic rings. The number of nitrogens with one attached hydrogen (secondary N) is 2. The van der Waals surface area contributed by atoms with Crippen molar-refractivity contribution in [3.63, 3.8) is 0 Å². The van der Waals surface area contributed by atoms with Crippen molar-refractivity contribution in [3.8, 4) is 0 Å². The third-order valence-electron chi connectivity index (χ3n) is 5.92. The number of non-ortho nitro benzene ring substituents is 1. The fraction of sp³-hybridized carbons (Fsp3) is 0.421. The molecule has 4 aliphatic rings. The largest absolute Gasteiger partial charge is 0.320 e. The highest BCUT2D eigenvalue weighted by atomic mass is 16.6. The number of amides is 4. The molecule has 0 spiro atoms. The van der Waals surface area contributed by atoms with E-state index in [0.29, 0.717) is 11.3 Å². The van der Waals surface area contributed by atoms with Crippen LogP contribution in [-0.4, -0.2) is 34.3 Å². The maximum absolute atomic E-state index is 12.7. The predicted octanol–water partition coefficient (Wildman–Crippen LogP) is 2.18. The molecule has 3 aliphatic carbocycles. The Morgan fingerprint density at radius 1 is 1.18 bits per heavy atom. The Kier molecular flexibility index (Phi) is 4.37. The van der Waals surface area contributed by atoms with Crippen LogP contribution in [0.3, 0.4) is 0 Å². The minimum Gasteiger partial charge on any atom is -0.320 e. The van der Waals surface area contributed by atoms with Crippen LogP contribution in [0.1, 0.15) is 18.4 Å². The number of imide groups is 1.